The zero-order valence-electron chi connectivity index (χ0n) is 19.9. The van der Waals surface area contributed by atoms with E-state index in [1.165, 1.54) is 11.8 Å². The SMILES string of the molecule is CCOC(=O)C1CCN(C(=O)[C@@H](C)Sc2nc3sc(C)c(C)c3c(=O)n2C2CCCC2)CC1. The van der Waals surface area contributed by atoms with Crippen LogP contribution in [0, 0.1) is 19.8 Å². The molecule has 1 atom stereocenters. The van der Waals surface area contributed by atoms with Gasteiger partial charge in [0, 0.05) is 24.0 Å². The third-order valence-corrected chi connectivity index (χ3v) is 9.10. The Morgan fingerprint density at radius 1 is 1.18 bits per heavy atom. The van der Waals surface area contributed by atoms with E-state index in [2.05, 4.69) is 0 Å². The molecule has 1 aliphatic carbocycles. The van der Waals surface area contributed by atoms with Gasteiger partial charge in [0.25, 0.3) is 5.56 Å². The van der Waals surface area contributed by atoms with Crippen LogP contribution in [0.2, 0.25) is 0 Å². The lowest BCUT2D eigenvalue weighted by Crippen LogP contribution is -2.43. The number of aromatic nitrogens is 2. The number of fused-ring (bicyclic) bond motifs is 1. The van der Waals surface area contributed by atoms with Crippen molar-refractivity contribution < 1.29 is 14.3 Å². The molecular formula is C24H33N3O4S2. The van der Waals surface area contributed by atoms with Crippen LogP contribution in [0.4, 0.5) is 0 Å². The number of thiophene rings is 1. The number of esters is 1. The first kappa shape index (κ1) is 24.3. The highest BCUT2D eigenvalue weighted by Crippen LogP contribution is 2.36. The Morgan fingerprint density at radius 3 is 2.48 bits per heavy atom. The highest BCUT2D eigenvalue weighted by Gasteiger charge is 2.32. The molecule has 2 fully saturated rings. The fourth-order valence-corrected chi connectivity index (χ4v) is 7.05. The number of thioether (sulfide) groups is 1. The van der Waals surface area contributed by atoms with E-state index in [-0.39, 0.29) is 34.6 Å². The summed E-state index contributed by atoms with van der Waals surface area (Å²) >= 11 is 2.95. The topological polar surface area (TPSA) is 81.5 Å². The maximum absolute atomic E-state index is 13.6. The first-order chi connectivity index (χ1) is 15.8. The van der Waals surface area contributed by atoms with Crippen LogP contribution < -0.4 is 5.56 Å². The van der Waals surface area contributed by atoms with Crippen molar-refractivity contribution in [3.63, 3.8) is 0 Å². The molecule has 0 unspecified atom stereocenters. The molecule has 1 aliphatic heterocycles. The highest BCUT2D eigenvalue weighted by atomic mass is 32.2. The minimum atomic E-state index is -0.358. The summed E-state index contributed by atoms with van der Waals surface area (Å²) in [6.07, 6.45) is 5.45. The maximum atomic E-state index is 13.6. The average Bonchev–Trinajstić information content (AvgIpc) is 3.42. The molecule has 1 saturated carbocycles. The van der Waals surface area contributed by atoms with Crippen molar-refractivity contribution in [3.8, 4) is 0 Å². The number of rotatable bonds is 6. The van der Waals surface area contributed by atoms with E-state index < -0.39 is 0 Å². The Bertz CT molecular complexity index is 1100. The minimum Gasteiger partial charge on any atom is -0.466 e. The van der Waals surface area contributed by atoms with Crippen LogP contribution in [0.1, 0.15) is 68.9 Å². The molecule has 3 heterocycles. The second kappa shape index (κ2) is 10.2. The van der Waals surface area contributed by atoms with Gasteiger partial charge in [-0.15, -0.1) is 11.3 Å². The van der Waals surface area contributed by atoms with Crippen molar-refractivity contribution in [1.82, 2.24) is 14.5 Å². The van der Waals surface area contributed by atoms with Crippen LogP contribution in [0.5, 0.6) is 0 Å². The summed E-state index contributed by atoms with van der Waals surface area (Å²) in [5.74, 6) is -0.251. The normalized spacial score (nSPS) is 18.7. The van der Waals surface area contributed by atoms with Gasteiger partial charge >= 0.3 is 5.97 Å². The van der Waals surface area contributed by atoms with Crippen LogP contribution in [-0.4, -0.2) is 51.3 Å². The molecule has 2 aromatic rings. The van der Waals surface area contributed by atoms with Gasteiger partial charge in [0.15, 0.2) is 5.16 Å². The fraction of sp³-hybridized carbons (Fsp3) is 0.667. The summed E-state index contributed by atoms with van der Waals surface area (Å²) in [4.78, 5) is 47.4. The molecule has 4 rings (SSSR count). The number of nitrogens with zero attached hydrogens (tertiary/aromatic N) is 3. The van der Waals surface area contributed by atoms with E-state index in [4.69, 9.17) is 9.72 Å². The van der Waals surface area contributed by atoms with Gasteiger partial charge in [-0.3, -0.25) is 19.0 Å². The molecule has 180 valence electrons. The third-order valence-electron chi connectivity index (χ3n) is 6.95. The van der Waals surface area contributed by atoms with Crippen molar-refractivity contribution in [1.29, 1.82) is 0 Å². The Balaban J connectivity index is 1.54. The van der Waals surface area contributed by atoms with Crippen molar-refractivity contribution >= 4 is 45.2 Å². The van der Waals surface area contributed by atoms with Crippen LogP contribution in [0.3, 0.4) is 0 Å². The summed E-state index contributed by atoms with van der Waals surface area (Å²) in [5, 5.41) is 1.03. The summed E-state index contributed by atoms with van der Waals surface area (Å²) < 4.78 is 7.01. The van der Waals surface area contributed by atoms with Crippen molar-refractivity contribution in [2.75, 3.05) is 19.7 Å². The quantitative estimate of drug-likeness (QED) is 0.337. The van der Waals surface area contributed by atoms with Gasteiger partial charge in [0.1, 0.15) is 4.83 Å². The van der Waals surface area contributed by atoms with Gasteiger partial charge in [-0.2, -0.15) is 0 Å². The molecule has 0 radical (unpaired) electrons. The van der Waals surface area contributed by atoms with Crippen molar-refractivity contribution in [2.24, 2.45) is 5.92 Å². The standard InChI is InChI=1S/C24H33N3O4S2/c1-5-31-23(30)17-10-12-26(13-11-17)21(28)16(4)33-24-25-20-19(14(2)15(3)32-20)22(29)27(24)18-8-6-7-9-18/h16-18H,5-13H2,1-4H3/t16-/m1/s1. The summed E-state index contributed by atoms with van der Waals surface area (Å²) in [6.45, 7) is 9.22. The molecule has 0 bridgehead atoms. The van der Waals surface area contributed by atoms with Gasteiger partial charge in [-0.25, -0.2) is 4.98 Å². The molecular weight excluding hydrogens is 458 g/mol. The predicted molar refractivity (Wildman–Crippen MR) is 132 cm³/mol. The fourth-order valence-electron chi connectivity index (χ4n) is 4.92. The first-order valence-electron chi connectivity index (χ1n) is 12.0. The predicted octanol–water partition coefficient (Wildman–Crippen LogP) is 4.47. The third kappa shape index (κ3) is 4.85. The Morgan fingerprint density at radius 2 is 1.85 bits per heavy atom. The summed E-state index contributed by atoms with van der Waals surface area (Å²) in [5.41, 5.74) is 1.05. The monoisotopic (exact) mass is 491 g/mol. The van der Waals surface area contributed by atoms with E-state index in [0.717, 1.165) is 46.3 Å². The van der Waals surface area contributed by atoms with Gasteiger partial charge in [-0.1, -0.05) is 24.6 Å². The zero-order chi connectivity index (χ0) is 23.7. The molecule has 1 saturated heterocycles. The zero-order valence-corrected chi connectivity index (χ0v) is 21.5. The number of ether oxygens (including phenoxy) is 1. The Kier molecular flexibility index (Phi) is 7.48. The highest BCUT2D eigenvalue weighted by molar-refractivity contribution is 8.00. The number of hydrogen-bond donors (Lipinski definition) is 0. The molecule has 0 spiro atoms. The molecule has 9 heteroatoms. The lowest BCUT2D eigenvalue weighted by Gasteiger charge is -2.32. The molecule has 2 aromatic heterocycles. The maximum Gasteiger partial charge on any atom is 0.309 e. The van der Waals surface area contributed by atoms with Crippen LogP contribution in [-0.2, 0) is 14.3 Å². The van der Waals surface area contributed by atoms with Gasteiger partial charge in [0.05, 0.1) is 23.2 Å². The number of carbonyl (C=O) groups excluding carboxylic acids is 2. The van der Waals surface area contributed by atoms with E-state index >= 15 is 0 Å². The van der Waals surface area contributed by atoms with Gasteiger partial charge in [-0.05, 0) is 58.9 Å². The lowest BCUT2D eigenvalue weighted by atomic mass is 9.97. The van der Waals surface area contributed by atoms with Crippen LogP contribution in [0.15, 0.2) is 9.95 Å². The van der Waals surface area contributed by atoms with Crippen LogP contribution in [0.25, 0.3) is 10.2 Å². The minimum absolute atomic E-state index is 0.0335. The summed E-state index contributed by atoms with van der Waals surface area (Å²) in [7, 11) is 0. The number of amides is 1. The van der Waals surface area contributed by atoms with Crippen molar-refractivity contribution in [2.45, 2.75) is 82.7 Å². The number of aryl methyl sites for hydroxylation is 2. The number of piperidine rings is 1. The van der Waals surface area contributed by atoms with Gasteiger partial charge < -0.3 is 9.64 Å². The van der Waals surface area contributed by atoms with E-state index in [9.17, 15) is 14.4 Å². The Hall–Kier alpha value is -1.87. The second-order valence-electron chi connectivity index (χ2n) is 9.08. The molecule has 7 nitrogen and oxygen atoms in total. The smallest absolute Gasteiger partial charge is 0.309 e. The molecule has 0 N–H and O–H groups in total. The Labute approximate surface area is 202 Å². The molecule has 2 aliphatic rings. The summed E-state index contributed by atoms with van der Waals surface area (Å²) in [6, 6.07) is 0.152. The average molecular weight is 492 g/mol. The molecule has 1 amide bonds. The van der Waals surface area contributed by atoms with E-state index in [1.54, 1.807) is 11.3 Å². The largest absolute Gasteiger partial charge is 0.466 e. The first-order valence-corrected chi connectivity index (χ1v) is 13.7. The van der Waals surface area contributed by atoms with Gasteiger partial charge in [0.2, 0.25) is 5.91 Å². The number of likely N-dealkylation sites (tertiary alicyclic amines) is 1. The van der Waals surface area contributed by atoms with Crippen molar-refractivity contribution in [3.05, 3.63) is 20.8 Å². The number of carbonyl (C=O) groups is 2. The second-order valence-corrected chi connectivity index (χ2v) is 11.6. The van der Waals surface area contributed by atoms with E-state index in [1.807, 2.05) is 37.2 Å². The number of hydrogen-bond acceptors (Lipinski definition) is 7. The lowest BCUT2D eigenvalue weighted by molar-refractivity contribution is -0.151. The van der Waals surface area contributed by atoms with E-state index in [0.29, 0.717) is 37.7 Å². The molecule has 33 heavy (non-hydrogen) atoms. The molecule has 0 aromatic carbocycles. The van der Waals surface area contributed by atoms with Crippen LogP contribution >= 0.6 is 23.1 Å².